The fraction of sp³-hybridized carbons (Fsp3) is 0.696. The van der Waals surface area contributed by atoms with Crippen LogP contribution in [0, 0.1) is 5.41 Å². The Kier molecular flexibility index (Phi) is 10.9. The van der Waals surface area contributed by atoms with Crippen molar-refractivity contribution < 1.29 is 14.2 Å². The van der Waals surface area contributed by atoms with Crippen molar-refractivity contribution in [1.29, 1.82) is 0 Å². The molecule has 1 aromatic carbocycles. The van der Waals surface area contributed by atoms with Gasteiger partial charge in [-0.25, -0.2) is 0 Å². The van der Waals surface area contributed by atoms with Crippen LogP contribution in [-0.2, 0) is 16.0 Å². The normalized spacial score (nSPS) is 16.0. The van der Waals surface area contributed by atoms with Crippen molar-refractivity contribution >= 4 is 5.96 Å². The molecule has 6 heteroatoms. The average Bonchev–Trinajstić information content (AvgIpc) is 3.21. The third kappa shape index (κ3) is 8.62. The minimum atomic E-state index is 0.336. The van der Waals surface area contributed by atoms with Crippen LogP contribution in [0.25, 0.3) is 0 Å². The van der Waals surface area contributed by atoms with Crippen molar-refractivity contribution in [2.75, 3.05) is 47.1 Å². The largest absolute Gasteiger partial charge is 0.493 e. The minimum Gasteiger partial charge on any atom is -0.493 e. The molecule has 1 saturated carbocycles. The number of ether oxygens (including phenoxy) is 3. The second-order valence-electron chi connectivity index (χ2n) is 7.78. The molecule has 0 atom stereocenters. The first-order chi connectivity index (χ1) is 14.2. The lowest BCUT2D eigenvalue weighted by molar-refractivity contribution is 0.105. The zero-order valence-corrected chi connectivity index (χ0v) is 18.5. The molecule has 1 aromatic rings. The Bertz CT molecular complexity index is 601. The van der Waals surface area contributed by atoms with E-state index in [-0.39, 0.29) is 0 Å². The lowest BCUT2D eigenvalue weighted by Crippen LogP contribution is -2.43. The molecule has 1 fully saturated rings. The smallest absolute Gasteiger partial charge is 0.191 e. The maximum Gasteiger partial charge on any atom is 0.191 e. The van der Waals surface area contributed by atoms with Gasteiger partial charge in [0.1, 0.15) is 5.75 Å². The highest BCUT2D eigenvalue weighted by molar-refractivity contribution is 5.79. The molecule has 29 heavy (non-hydrogen) atoms. The van der Waals surface area contributed by atoms with Crippen molar-refractivity contribution in [2.45, 2.75) is 52.0 Å². The SMILES string of the molecule is CCOCCC1(CNC(=NC)NCc2cccc(OCCCOC)c2)CCCC1. The molecule has 0 saturated heterocycles. The first-order valence-corrected chi connectivity index (χ1v) is 10.9. The third-order valence-corrected chi connectivity index (χ3v) is 5.62. The summed E-state index contributed by atoms with van der Waals surface area (Å²) in [6.07, 6.45) is 7.18. The first kappa shape index (κ1) is 23.5. The molecule has 1 aliphatic carbocycles. The predicted molar refractivity (Wildman–Crippen MR) is 119 cm³/mol. The zero-order chi connectivity index (χ0) is 20.8. The Hall–Kier alpha value is -1.79. The van der Waals surface area contributed by atoms with Gasteiger partial charge in [-0.1, -0.05) is 25.0 Å². The van der Waals surface area contributed by atoms with E-state index in [1.54, 1.807) is 7.11 Å². The van der Waals surface area contributed by atoms with Crippen molar-refractivity contribution in [3.63, 3.8) is 0 Å². The average molecular weight is 406 g/mol. The van der Waals surface area contributed by atoms with Gasteiger partial charge in [0.05, 0.1) is 6.61 Å². The summed E-state index contributed by atoms with van der Waals surface area (Å²) in [7, 11) is 3.53. The molecule has 2 rings (SSSR count). The topological polar surface area (TPSA) is 64.1 Å². The second kappa shape index (κ2) is 13.4. The van der Waals surface area contributed by atoms with Gasteiger partial charge < -0.3 is 24.8 Å². The molecule has 164 valence electrons. The number of rotatable bonds is 13. The summed E-state index contributed by atoms with van der Waals surface area (Å²) in [5.74, 6) is 1.74. The van der Waals surface area contributed by atoms with Gasteiger partial charge in [-0.3, -0.25) is 4.99 Å². The van der Waals surface area contributed by atoms with Gasteiger partial charge >= 0.3 is 0 Å². The second-order valence-corrected chi connectivity index (χ2v) is 7.78. The summed E-state index contributed by atoms with van der Waals surface area (Å²) in [4.78, 5) is 4.40. The Balaban J connectivity index is 1.79. The number of guanidine groups is 1. The van der Waals surface area contributed by atoms with Crippen molar-refractivity contribution in [1.82, 2.24) is 10.6 Å². The van der Waals surface area contributed by atoms with Crippen LogP contribution in [0.5, 0.6) is 5.75 Å². The summed E-state index contributed by atoms with van der Waals surface area (Å²) in [6.45, 7) is 6.74. The van der Waals surface area contributed by atoms with E-state index in [4.69, 9.17) is 14.2 Å². The van der Waals surface area contributed by atoms with E-state index in [2.05, 4.69) is 34.7 Å². The van der Waals surface area contributed by atoms with Gasteiger partial charge in [-0.2, -0.15) is 0 Å². The molecule has 0 bridgehead atoms. The molecule has 6 nitrogen and oxygen atoms in total. The molecule has 0 unspecified atom stereocenters. The summed E-state index contributed by atoms with van der Waals surface area (Å²) in [5.41, 5.74) is 1.51. The summed E-state index contributed by atoms with van der Waals surface area (Å²) >= 11 is 0. The quantitative estimate of drug-likeness (QED) is 0.297. The minimum absolute atomic E-state index is 0.336. The Labute approximate surface area is 176 Å². The number of nitrogens with zero attached hydrogens (tertiary/aromatic N) is 1. The number of methoxy groups -OCH3 is 1. The van der Waals surface area contributed by atoms with Gasteiger partial charge in [0.25, 0.3) is 0 Å². The van der Waals surface area contributed by atoms with Crippen LogP contribution in [0.1, 0.15) is 51.0 Å². The van der Waals surface area contributed by atoms with Crippen LogP contribution in [0.2, 0.25) is 0 Å². The van der Waals surface area contributed by atoms with Crippen molar-refractivity contribution in [3.05, 3.63) is 29.8 Å². The molecule has 0 spiro atoms. The number of benzene rings is 1. The maximum atomic E-state index is 5.79. The molecule has 0 radical (unpaired) electrons. The predicted octanol–water partition coefficient (Wildman–Crippen LogP) is 3.75. The fourth-order valence-corrected chi connectivity index (χ4v) is 3.89. The van der Waals surface area contributed by atoms with Gasteiger partial charge in [0.2, 0.25) is 0 Å². The number of aliphatic imine (C=N–C) groups is 1. The van der Waals surface area contributed by atoms with Gasteiger partial charge in [0.15, 0.2) is 5.96 Å². The number of nitrogens with one attached hydrogen (secondary N) is 2. The Morgan fingerprint density at radius 3 is 2.69 bits per heavy atom. The van der Waals surface area contributed by atoms with E-state index in [9.17, 15) is 0 Å². The lowest BCUT2D eigenvalue weighted by atomic mass is 9.83. The standard InChI is InChI=1S/C23H39N3O3/c1-4-28-16-13-23(11-5-6-12-23)19-26-22(24-2)25-18-20-9-7-10-21(17-20)29-15-8-14-27-3/h7,9-10,17H,4-6,8,11-16,18-19H2,1-3H3,(H2,24,25,26). The van der Waals surface area contributed by atoms with Crippen molar-refractivity contribution in [3.8, 4) is 5.75 Å². The lowest BCUT2D eigenvalue weighted by Gasteiger charge is -2.30. The molecule has 2 N–H and O–H groups in total. The molecule has 0 amide bonds. The monoisotopic (exact) mass is 405 g/mol. The van der Waals surface area contributed by atoms with E-state index >= 15 is 0 Å². The van der Waals surface area contributed by atoms with Crippen LogP contribution >= 0.6 is 0 Å². The van der Waals surface area contributed by atoms with Crippen LogP contribution in [-0.4, -0.2) is 53.1 Å². The van der Waals surface area contributed by atoms with Crippen molar-refractivity contribution in [2.24, 2.45) is 10.4 Å². The molecular weight excluding hydrogens is 366 g/mol. The summed E-state index contributed by atoms with van der Waals surface area (Å²) in [6, 6.07) is 8.20. The molecule has 1 aliphatic rings. The first-order valence-electron chi connectivity index (χ1n) is 10.9. The van der Waals surface area contributed by atoms with Gasteiger partial charge in [0, 0.05) is 53.5 Å². The van der Waals surface area contributed by atoms with E-state index in [0.29, 0.717) is 18.6 Å². The maximum absolute atomic E-state index is 5.79. The summed E-state index contributed by atoms with van der Waals surface area (Å²) in [5, 5.41) is 6.98. The highest BCUT2D eigenvalue weighted by Crippen LogP contribution is 2.40. The van der Waals surface area contributed by atoms with E-state index < -0.39 is 0 Å². The number of hydrogen-bond acceptors (Lipinski definition) is 4. The van der Waals surface area contributed by atoms with Gasteiger partial charge in [-0.05, 0) is 49.3 Å². The highest BCUT2D eigenvalue weighted by atomic mass is 16.5. The Morgan fingerprint density at radius 1 is 1.14 bits per heavy atom. The molecular formula is C23H39N3O3. The fourth-order valence-electron chi connectivity index (χ4n) is 3.89. The Morgan fingerprint density at radius 2 is 1.97 bits per heavy atom. The molecule has 0 heterocycles. The molecule has 0 aromatic heterocycles. The van der Waals surface area contributed by atoms with Crippen LogP contribution in [0.3, 0.4) is 0 Å². The third-order valence-electron chi connectivity index (χ3n) is 5.62. The number of hydrogen-bond donors (Lipinski definition) is 2. The van der Waals surface area contributed by atoms with Crippen LogP contribution < -0.4 is 15.4 Å². The highest BCUT2D eigenvalue weighted by Gasteiger charge is 2.33. The van der Waals surface area contributed by atoms with E-state index in [0.717, 1.165) is 50.9 Å². The molecule has 0 aliphatic heterocycles. The van der Waals surface area contributed by atoms with E-state index in [1.807, 2.05) is 19.2 Å². The van der Waals surface area contributed by atoms with E-state index in [1.165, 1.54) is 31.2 Å². The van der Waals surface area contributed by atoms with Crippen LogP contribution in [0.4, 0.5) is 0 Å². The zero-order valence-electron chi connectivity index (χ0n) is 18.5. The van der Waals surface area contributed by atoms with Gasteiger partial charge in [-0.15, -0.1) is 0 Å². The van der Waals surface area contributed by atoms with Crippen LogP contribution in [0.15, 0.2) is 29.3 Å². The summed E-state index contributed by atoms with van der Waals surface area (Å²) < 4.78 is 16.5.